The Morgan fingerprint density at radius 1 is 1.38 bits per heavy atom. The number of benzene rings is 1. The largest absolute Gasteiger partial charge is 0.354 e. The van der Waals surface area contributed by atoms with Crippen LogP contribution in [0.1, 0.15) is 44.2 Å². The lowest BCUT2D eigenvalue weighted by molar-refractivity contribution is -0.128. The first-order valence-electron chi connectivity index (χ1n) is 8.26. The molecule has 0 radical (unpaired) electrons. The number of amides is 2. The van der Waals surface area contributed by atoms with Crippen molar-refractivity contribution in [1.82, 2.24) is 16.0 Å². The van der Waals surface area contributed by atoms with Crippen molar-refractivity contribution in [2.45, 2.75) is 44.7 Å². The highest BCUT2D eigenvalue weighted by Crippen LogP contribution is 2.20. The molecular weight excluding hydrogens is 316 g/mol. The Morgan fingerprint density at radius 2 is 2.17 bits per heavy atom. The topological polar surface area (TPSA) is 70.2 Å². The Labute approximate surface area is 140 Å². The summed E-state index contributed by atoms with van der Waals surface area (Å²) in [5.74, 6) is -1.77. The Hall–Kier alpha value is -2.02. The van der Waals surface area contributed by atoms with E-state index in [0.717, 1.165) is 18.9 Å². The Balaban J connectivity index is 1.90. The van der Waals surface area contributed by atoms with Crippen molar-refractivity contribution < 1.29 is 18.4 Å². The zero-order chi connectivity index (χ0) is 17.5. The van der Waals surface area contributed by atoms with Crippen LogP contribution in [0.2, 0.25) is 0 Å². The summed E-state index contributed by atoms with van der Waals surface area (Å²) in [6.45, 7) is 2.43. The van der Waals surface area contributed by atoms with Crippen LogP contribution in [0, 0.1) is 11.6 Å². The normalized spacial score (nSPS) is 19.3. The quantitative estimate of drug-likeness (QED) is 0.740. The summed E-state index contributed by atoms with van der Waals surface area (Å²) in [6, 6.07) is 2.47. The molecule has 2 atom stereocenters. The average molecular weight is 339 g/mol. The van der Waals surface area contributed by atoms with Gasteiger partial charge >= 0.3 is 0 Å². The summed E-state index contributed by atoms with van der Waals surface area (Å²) in [5, 5.41) is 8.41. The second kappa shape index (κ2) is 8.73. The van der Waals surface area contributed by atoms with Crippen LogP contribution < -0.4 is 16.0 Å². The zero-order valence-electron chi connectivity index (χ0n) is 13.7. The molecule has 1 saturated heterocycles. The van der Waals surface area contributed by atoms with E-state index in [1.54, 1.807) is 0 Å². The number of carbonyl (C=O) groups is 2. The van der Waals surface area contributed by atoms with Gasteiger partial charge < -0.3 is 16.0 Å². The molecule has 0 saturated carbocycles. The molecule has 0 spiro atoms. The second-order valence-corrected chi connectivity index (χ2v) is 5.91. The molecule has 1 aliphatic heterocycles. The summed E-state index contributed by atoms with van der Waals surface area (Å²) in [4.78, 5) is 23.9. The van der Waals surface area contributed by atoms with E-state index >= 15 is 0 Å². The van der Waals surface area contributed by atoms with Gasteiger partial charge in [-0.15, -0.1) is 0 Å². The third-order valence-electron chi connectivity index (χ3n) is 4.13. The van der Waals surface area contributed by atoms with Crippen LogP contribution in [0.3, 0.4) is 0 Å². The number of halogens is 2. The summed E-state index contributed by atoms with van der Waals surface area (Å²) in [6.07, 6.45) is 2.93. The molecule has 24 heavy (non-hydrogen) atoms. The van der Waals surface area contributed by atoms with E-state index < -0.39 is 23.7 Å². The minimum Gasteiger partial charge on any atom is -0.354 e. The van der Waals surface area contributed by atoms with Crippen LogP contribution in [0.4, 0.5) is 8.78 Å². The molecule has 7 heteroatoms. The molecule has 2 rings (SSSR count). The van der Waals surface area contributed by atoms with Crippen LogP contribution in [0.15, 0.2) is 18.2 Å². The highest BCUT2D eigenvalue weighted by molar-refractivity contribution is 5.88. The molecule has 3 N–H and O–H groups in total. The number of rotatable bonds is 6. The Morgan fingerprint density at radius 3 is 2.88 bits per heavy atom. The monoisotopic (exact) mass is 339 g/mol. The predicted molar refractivity (Wildman–Crippen MR) is 86.2 cm³/mol. The summed E-state index contributed by atoms with van der Waals surface area (Å²) in [5.41, 5.74) is 0.318. The molecule has 2 amide bonds. The molecule has 0 aliphatic carbocycles. The van der Waals surface area contributed by atoms with E-state index in [9.17, 15) is 18.4 Å². The second-order valence-electron chi connectivity index (χ2n) is 5.91. The van der Waals surface area contributed by atoms with E-state index in [2.05, 4.69) is 16.0 Å². The highest BCUT2D eigenvalue weighted by atomic mass is 19.1. The first kappa shape index (κ1) is 18.3. The number of hydrogen-bond donors (Lipinski definition) is 3. The fraction of sp³-hybridized carbons (Fsp3) is 0.529. The van der Waals surface area contributed by atoms with Crippen molar-refractivity contribution in [3.8, 4) is 0 Å². The summed E-state index contributed by atoms with van der Waals surface area (Å²) >= 11 is 0. The van der Waals surface area contributed by atoms with Gasteiger partial charge in [0.25, 0.3) is 0 Å². The molecular formula is C17H23F2N3O2. The van der Waals surface area contributed by atoms with E-state index in [4.69, 9.17) is 0 Å². The highest BCUT2D eigenvalue weighted by Gasteiger charge is 2.23. The van der Waals surface area contributed by atoms with Crippen molar-refractivity contribution in [3.05, 3.63) is 35.4 Å². The van der Waals surface area contributed by atoms with Crippen LogP contribution in [-0.2, 0) is 9.59 Å². The molecule has 1 aromatic rings. The minimum absolute atomic E-state index is 0.0426. The predicted octanol–water partition coefficient (Wildman–Crippen LogP) is 1.79. The SMILES string of the molecule is CC[C@H](NCC(=O)N[C@H]1CCCCNC1=O)c1ccc(F)cc1F. The van der Waals surface area contributed by atoms with Gasteiger partial charge in [-0.3, -0.25) is 9.59 Å². The van der Waals surface area contributed by atoms with Crippen molar-refractivity contribution >= 4 is 11.8 Å². The molecule has 132 valence electrons. The first-order chi connectivity index (χ1) is 11.5. The lowest BCUT2D eigenvalue weighted by Gasteiger charge is -2.20. The standard InChI is InChI=1S/C17H23F2N3O2/c1-2-14(12-7-6-11(18)9-13(12)19)21-10-16(23)22-15-5-3-4-8-20-17(15)24/h6-7,9,14-15,21H,2-5,8,10H2,1H3,(H,20,24)(H,22,23)/t14-,15-/m0/s1. The lowest BCUT2D eigenvalue weighted by Crippen LogP contribution is -2.48. The van der Waals surface area contributed by atoms with Crippen molar-refractivity contribution in [3.63, 3.8) is 0 Å². The smallest absolute Gasteiger partial charge is 0.242 e. The Bertz CT molecular complexity index is 595. The van der Waals surface area contributed by atoms with Gasteiger partial charge in [-0.2, -0.15) is 0 Å². The van der Waals surface area contributed by atoms with Crippen molar-refractivity contribution in [1.29, 1.82) is 0 Å². The van der Waals surface area contributed by atoms with Crippen LogP contribution >= 0.6 is 0 Å². The summed E-state index contributed by atoms with van der Waals surface area (Å²) in [7, 11) is 0. The average Bonchev–Trinajstić information content (AvgIpc) is 2.74. The van der Waals surface area contributed by atoms with E-state index in [-0.39, 0.29) is 18.4 Å². The third kappa shape index (κ3) is 4.99. The van der Waals surface area contributed by atoms with Crippen molar-refractivity contribution in [2.24, 2.45) is 0 Å². The number of nitrogens with one attached hydrogen (secondary N) is 3. The molecule has 1 aliphatic rings. The first-order valence-corrected chi connectivity index (χ1v) is 8.26. The molecule has 1 heterocycles. The maximum Gasteiger partial charge on any atom is 0.242 e. The molecule has 0 aromatic heterocycles. The van der Waals surface area contributed by atoms with Crippen molar-refractivity contribution in [2.75, 3.05) is 13.1 Å². The van der Waals surface area contributed by atoms with Crippen LogP contribution in [0.25, 0.3) is 0 Å². The maximum absolute atomic E-state index is 13.8. The van der Waals surface area contributed by atoms with Gasteiger partial charge in [-0.25, -0.2) is 8.78 Å². The molecule has 1 aromatic carbocycles. The molecule has 1 fully saturated rings. The van der Waals surface area contributed by atoms with Gasteiger partial charge in [0.2, 0.25) is 11.8 Å². The zero-order valence-corrected chi connectivity index (χ0v) is 13.7. The van der Waals surface area contributed by atoms with Gasteiger partial charge in [0.15, 0.2) is 0 Å². The van der Waals surface area contributed by atoms with Crippen LogP contribution in [-0.4, -0.2) is 30.9 Å². The number of hydrogen-bond acceptors (Lipinski definition) is 3. The maximum atomic E-state index is 13.8. The van der Waals surface area contributed by atoms with Gasteiger partial charge in [-0.05, 0) is 31.7 Å². The fourth-order valence-corrected chi connectivity index (χ4v) is 2.80. The Kier molecular flexibility index (Phi) is 6.66. The minimum atomic E-state index is -0.641. The number of carbonyl (C=O) groups excluding carboxylic acids is 2. The molecule has 0 unspecified atom stereocenters. The van der Waals surface area contributed by atoms with E-state index in [1.165, 1.54) is 12.1 Å². The van der Waals surface area contributed by atoms with E-state index in [0.29, 0.717) is 24.9 Å². The molecule has 5 nitrogen and oxygen atoms in total. The van der Waals surface area contributed by atoms with Gasteiger partial charge in [-0.1, -0.05) is 13.0 Å². The van der Waals surface area contributed by atoms with Gasteiger partial charge in [0, 0.05) is 24.2 Å². The van der Waals surface area contributed by atoms with E-state index in [1.807, 2.05) is 6.92 Å². The lowest BCUT2D eigenvalue weighted by atomic mass is 10.0. The van der Waals surface area contributed by atoms with Gasteiger partial charge in [0.1, 0.15) is 17.7 Å². The third-order valence-corrected chi connectivity index (χ3v) is 4.13. The van der Waals surface area contributed by atoms with Crippen LogP contribution in [0.5, 0.6) is 0 Å². The summed E-state index contributed by atoms with van der Waals surface area (Å²) < 4.78 is 26.8. The fourth-order valence-electron chi connectivity index (χ4n) is 2.80. The molecule has 0 bridgehead atoms. The van der Waals surface area contributed by atoms with Gasteiger partial charge in [0.05, 0.1) is 6.54 Å².